The smallest absolute Gasteiger partial charge is 0.285 e. The molecular weight excluding hydrogens is 308 g/mol. The van der Waals surface area contributed by atoms with Crippen LogP contribution in [0, 0.1) is 0 Å². The molecule has 114 valence electrons. The number of rotatable bonds is 4. The van der Waals surface area contributed by atoms with Gasteiger partial charge in [-0.1, -0.05) is 18.5 Å². The van der Waals surface area contributed by atoms with Crippen molar-refractivity contribution in [1.82, 2.24) is 20.2 Å². The van der Waals surface area contributed by atoms with Crippen molar-refractivity contribution in [3.8, 4) is 23.2 Å². The van der Waals surface area contributed by atoms with Crippen LogP contribution in [0.5, 0.6) is 11.5 Å². The molecule has 8 heteroatoms. The molecule has 0 radical (unpaired) electrons. The summed E-state index contributed by atoms with van der Waals surface area (Å²) in [5.74, 6) is 2.13. The highest BCUT2D eigenvalue weighted by atomic mass is 35.5. The molecule has 7 nitrogen and oxygen atoms in total. The highest BCUT2D eigenvalue weighted by molar-refractivity contribution is 6.34. The van der Waals surface area contributed by atoms with E-state index in [9.17, 15) is 0 Å². The second-order valence-corrected chi connectivity index (χ2v) is 4.77. The van der Waals surface area contributed by atoms with E-state index in [1.807, 2.05) is 6.92 Å². The van der Waals surface area contributed by atoms with Crippen LogP contribution in [0.2, 0.25) is 5.15 Å². The second-order valence-electron chi connectivity index (χ2n) is 4.42. The Labute approximate surface area is 131 Å². The van der Waals surface area contributed by atoms with Crippen molar-refractivity contribution in [3.63, 3.8) is 0 Å². The van der Waals surface area contributed by atoms with Crippen molar-refractivity contribution >= 4 is 22.5 Å². The van der Waals surface area contributed by atoms with Crippen molar-refractivity contribution in [2.45, 2.75) is 13.3 Å². The molecule has 3 rings (SSSR count). The van der Waals surface area contributed by atoms with Crippen LogP contribution >= 0.6 is 11.6 Å². The molecule has 2 aromatic heterocycles. The maximum Gasteiger partial charge on any atom is 0.285 e. The van der Waals surface area contributed by atoms with Crippen molar-refractivity contribution in [2.75, 3.05) is 14.2 Å². The molecule has 0 N–H and O–H groups in total. The number of fused-ring (bicyclic) bond motifs is 1. The van der Waals surface area contributed by atoms with Gasteiger partial charge in [0.15, 0.2) is 11.5 Å². The largest absolute Gasteiger partial charge is 0.493 e. The maximum absolute atomic E-state index is 6.24. The molecule has 0 fully saturated rings. The highest BCUT2D eigenvalue weighted by Gasteiger charge is 2.16. The zero-order valence-corrected chi connectivity index (χ0v) is 13.0. The fraction of sp³-hybridized carbons (Fsp3) is 0.286. The number of hydrogen-bond acceptors (Lipinski definition) is 7. The summed E-state index contributed by atoms with van der Waals surface area (Å²) in [7, 11) is 3.11. The molecule has 0 amide bonds. The summed E-state index contributed by atoms with van der Waals surface area (Å²) in [6.07, 6.45) is 0.638. The van der Waals surface area contributed by atoms with Gasteiger partial charge in [-0.2, -0.15) is 0 Å². The third kappa shape index (κ3) is 2.43. The molecule has 0 saturated carbocycles. The van der Waals surface area contributed by atoms with Gasteiger partial charge in [0.25, 0.3) is 5.89 Å². The average Bonchev–Trinajstić information content (AvgIpc) is 3.02. The fourth-order valence-corrected chi connectivity index (χ4v) is 2.23. The number of aromatic nitrogens is 4. The first-order valence-electron chi connectivity index (χ1n) is 6.58. The molecule has 1 aromatic carbocycles. The maximum atomic E-state index is 6.24. The van der Waals surface area contributed by atoms with Crippen molar-refractivity contribution < 1.29 is 13.9 Å². The summed E-state index contributed by atoms with van der Waals surface area (Å²) in [5.41, 5.74) is 0.601. The Morgan fingerprint density at radius 2 is 1.82 bits per heavy atom. The first-order valence-corrected chi connectivity index (χ1v) is 6.96. The van der Waals surface area contributed by atoms with Crippen LogP contribution in [0.4, 0.5) is 0 Å². The number of methoxy groups -OCH3 is 2. The van der Waals surface area contributed by atoms with Crippen LogP contribution in [0.15, 0.2) is 16.5 Å². The van der Waals surface area contributed by atoms with E-state index in [0.29, 0.717) is 34.7 Å². The fourth-order valence-electron chi connectivity index (χ4n) is 2.00. The summed E-state index contributed by atoms with van der Waals surface area (Å²) >= 11 is 6.24. The molecule has 0 spiro atoms. The third-order valence-corrected chi connectivity index (χ3v) is 3.40. The summed E-state index contributed by atoms with van der Waals surface area (Å²) < 4.78 is 16.0. The molecule has 0 unspecified atom stereocenters. The first kappa shape index (κ1) is 14.5. The Morgan fingerprint density at radius 3 is 2.45 bits per heavy atom. The Hall–Kier alpha value is -2.41. The topological polar surface area (TPSA) is 83.2 Å². The van der Waals surface area contributed by atoms with E-state index in [1.165, 1.54) is 0 Å². The number of benzene rings is 1. The van der Waals surface area contributed by atoms with Gasteiger partial charge in [0.2, 0.25) is 11.7 Å². The van der Waals surface area contributed by atoms with E-state index in [2.05, 4.69) is 20.2 Å². The SMILES string of the molecule is CCc1nnc(-c2nc(Cl)c3cc(OC)c(OC)cc3n2)o1. The summed E-state index contributed by atoms with van der Waals surface area (Å²) in [4.78, 5) is 8.62. The lowest BCUT2D eigenvalue weighted by molar-refractivity contribution is 0.356. The predicted octanol–water partition coefficient (Wildman–Crippen LogP) is 2.91. The second kappa shape index (κ2) is 5.76. The molecule has 0 aliphatic rings. The molecular formula is C14H13ClN4O3. The summed E-state index contributed by atoms with van der Waals surface area (Å²) in [5, 5.41) is 8.75. The number of ether oxygens (including phenoxy) is 2. The molecule has 0 bridgehead atoms. The molecule has 0 aliphatic heterocycles. The molecule has 2 heterocycles. The first-order chi connectivity index (χ1) is 10.7. The third-order valence-electron chi connectivity index (χ3n) is 3.12. The van der Waals surface area contributed by atoms with E-state index in [4.69, 9.17) is 25.5 Å². The summed E-state index contributed by atoms with van der Waals surface area (Å²) in [6.45, 7) is 1.92. The van der Waals surface area contributed by atoms with E-state index in [0.717, 1.165) is 0 Å². The number of halogens is 1. The lowest BCUT2D eigenvalue weighted by Crippen LogP contribution is -1.95. The quantitative estimate of drug-likeness (QED) is 0.683. The van der Waals surface area contributed by atoms with Gasteiger partial charge in [0.1, 0.15) is 5.15 Å². The Balaban J connectivity index is 2.18. The van der Waals surface area contributed by atoms with Crippen molar-refractivity contribution in [3.05, 3.63) is 23.2 Å². The minimum Gasteiger partial charge on any atom is -0.493 e. The molecule has 22 heavy (non-hydrogen) atoms. The van der Waals surface area contributed by atoms with E-state index in [-0.39, 0.29) is 16.9 Å². The van der Waals surface area contributed by atoms with Crippen molar-refractivity contribution in [1.29, 1.82) is 0 Å². The van der Waals surface area contributed by atoms with Gasteiger partial charge in [-0.25, -0.2) is 9.97 Å². The molecule has 0 atom stereocenters. The minimum absolute atomic E-state index is 0.232. The van der Waals surface area contributed by atoms with Gasteiger partial charge in [-0.15, -0.1) is 10.2 Å². The average molecular weight is 321 g/mol. The van der Waals surface area contributed by atoms with Crippen LogP contribution in [0.25, 0.3) is 22.6 Å². The standard InChI is InChI=1S/C14H13ClN4O3/c1-4-11-18-19-14(22-11)13-16-8-6-10(21-3)9(20-2)5-7(8)12(15)17-13/h5-6H,4H2,1-3H3. The zero-order chi connectivity index (χ0) is 15.7. The molecule has 0 aliphatic carbocycles. The van der Waals surface area contributed by atoms with Crippen molar-refractivity contribution in [2.24, 2.45) is 0 Å². The van der Waals surface area contributed by atoms with E-state index >= 15 is 0 Å². The van der Waals surface area contributed by atoms with Gasteiger partial charge in [-0.05, 0) is 6.07 Å². The van der Waals surface area contributed by atoms with Gasteiger partial charge < -0.3 is 13.9 Å². The number of hydrogen-bond donors (Lipinski definition) is 0. The lowest BCUT2D eigenvalue weighted by Gasteiger charge is -2.09. The highest BCUT2D eigenvalue weighted by Crippen LogP contribution is 2.34. The monoisotopic (exact) mass is 320 g/mol. The van der Waals surface area contributed by atoms with Crippen LogP contribution in [-0.4, -0.2) is 34.4 Å². The van der Waals surface area contributed by atoms with Gasteiger partial charge in [0.05, 0.1) is 19.7 Å². The van der Waals surface area contributed by atoms with Gasteiger partial charge >= 0.3 is 0 Å². The van der Waals surface area contributed by atoms with Gasteiger partial charge in [0, 0.05) is 17.9 Å². The Kier molecular flexibility index (Phi) is 3.81. The van der Waals surface area contributed by atoms with Crippen LogP contribution < -0.4 is 9.47 Å². The zero-order valence-electron chi connectivity index (χ0n) is 12.3. The Morgan fingerprint density at radius 1 is 1.09 bits per heavy atom. The van der Waals surface area contributed by atoms with Crippen LogP contribution in [0.1, 0.15) is 12.8 Å². The van der Waals surface area contributed by atoms with Crippen LogP contribution in [-0.2, 0) is 6.42 Å². The molecule has 3 aromatic rings. The summed E-state index contributed by atoms with van der Waals surface area (Å²) in [6, 6.07) is 3.45. The minimum atomic E-state index is 0.232. The number of nitrogens with zero attached hydrogens (tertiary/aromatic N) is 4. The lowest BCUT2D eigenvalue weighted by atomic mass is 10.2. The Bertz CT molecular complexity index is 834. The van der Waals surface area contributed by atoms with E-state index in [1.54, 1.807) is 26.4 Å². The van der Waals surface area contributed by atoms with Crippen LogP contribution in [0.3, 0.4) is 0 Å². The van der Waals surface area contributed by atoms with Gasteiger partial charge in [-0.3, -0.25) is 0 Å². The van der Waals surface area contributed by atoms with E-state index < -0.39 is 0 Å². The molecule has 0 saturated heterocycles. The normalized spacial score (nSPS) is 10.9. The number of aryl methyl sites for hydroxylation is 1. The predicted molar refractivity (Wildman–Crippen MR) is 80.3 cm³/mol.